The van der Waals surface area contributed by atoms with Crippen molar-refractivity contribution >= 4 is 10.9 Å². The lowest BCUT2D eigenvalue weighted by Crippen LogP contribution is -2.37. The molecular formula is C26H27N3O4. The molecule has 3 heterocycles. The highest BCUT2D eigenvalue weighted by Crippen LogP contribution is 2.40. The van der Waals surface area contributed by atoms with Crippen LogP contribution in [0.15, 0.2) is 64.2 Å². The molecule has 1 aliphatic heterocycles. The lowest BCUT2D eigenvalue weighted by Gasteiger charge is -2.28. The molecule has 0 N–H and O–H groups in total. The molecule has 0 radical (unpaired) electrons. The molecule has 7 heteroatoms. The summed E-state index contributed by atoms with van der Waals surface area (Å²) in [5.41, 5.74) is 3.52. The Morgan fingerprint density at radius 1 is 1.00 bits per heavy atom. The molecule has 7 nitrogen and oxygen atoms in total. The number of hydrogen-bond donors (Lipinski definition) is 0. The zero-order valence-electron chi connectivity index (χ0n) is 19.1. The van der Waals surface area contributed by atoms with Crippen LogP contribution in [0.4, 0.5) is 0 Å². The van der Waals surface area contributed by atoms with Gasteiger partial charge in [0.2, 0.25) is 0 Å². The summed E-state index contributed by atoms with van der Waals surface area (Å²) in [6.45, 7) is 3.83. The minimum Gasteiger partial charge on any atom is -0.494 e. The zero-order valence-corrected chi connectivity index (χ0v) is 19.1. The highest BCUT2D eigenvalue weighted by Gasteiger charge is 2.33. The number of nitrogens with zero attached hydrogens (tertiary/aromatic N) is 3. The van der Waals surface area contributed by atoms with E-state index in [9.17, 15) is 9.59 Å². The summed E-state index contributed by atoms with van der Waals surface area (Å²) in [6.07, 6.45) is 0.537. The highest BCUT2D eigenvalue weighted by atomic mass is 16.5. The molecule has 5 rings (SSSR count). The fourth-order valence-electron chi connectivity index (χ4n) is 4.69. The molecule has 0 fully saturated rings. The minimum atomic E-state index is -0.406. The van der Waals surface area contributed by atoms with Gasteiger partial charge in [-0.15, -0.1) is 0 Å². The maximum Gasteiger partial charge on any atom is 0.331 e. The third-order valence-corrected chi connectivity index (χ3v) is 6.26. The molecular weight excluding hydrogens is 418 g/mol. The van der Waals surface area contributed by atoms with E-state index in [-0.39, 0.29) is 11.2 Å². The molecule has 2 aromatic carbocycles. The Balaban J connectivity index is 1.79. The van der Waals surface area contributed by atoms with E-state index in [0.29, 0.717) is 30.7 Å². The van der Waals surface area contributed by atoms with Crippen LogP contribution in [0.25, 0.3) is 22.2 Å². The molecule has 0 bridgehead atoms. The monoisotopic (exact) mass is 445 g/mol. The molecule has 0 saturated carbocycles. The third-order valence-electron chi connectivity index (χ3n) is 6.26. The molecule has 0 unspecified atom stereocenters. The fourth-order valence-corrected chi connectivity index (χ4v) is 4.69. The van der Waals surface area contributed by atoms with E-state index < -0.39 is 6.10 Å². The first-order valence-corrected chi connectivity index (χ1v) is 11.2. The van der Waals surface area contributed by atoms with Crippen molar-refractivity contribution in [3.8, 4) is 17.0 Å². The number of hydrogen-bond acceptors (Lipinski definition) is 4. The summed E-state index contributed by atoms with van der Waals surface area (Å²) < 4.78 is 16.9. The molecule has 33 heavy (non-hydrogen) atoms. The molecule has 0 aliphatic carbocycles. The molecule has 0 saturated heterocycles. The minimum absolute atomic E-state index is 0.295. The van der Waals surface area contributed by atoms with E-state index in [1.807, 2.05) is 54.6 Å². The van der Waals surface area contributed by atoms with E-state index in [0.717, 1.165) is 34.7 Å². The van der Waals surface area contributed by atoms with E-state index in [2.05, 4.69) is 11.5 Å². The van der Waals surface area contributed by atoms with Gasteiger partial charge in [-0.05, 0) is 29.7 Å². The van der Waals surface area contributed by atoms with Crippen LogP contribution in [0.2, 0.25) is 0 Å². The summed E-state index contributed by atoms with van der Waals surface area (Å²) in [5.74, 6) is 0.808. The first-order valence-electron chi connectivity index (χ1n) is 11.2. The Bertz CT molecular complexity index is 1430. The number of ether oxygens (including phenoxy) is 2. The van der Waals surface area contributed by atoms with Crippen LogP contribution < -0.4 is 16.0 Å². The second kappa shape index (κ2) is 8.41. The Hall–Kier alpha value is -3.58. The maximum absolute atomic E-state index is 13.4. The Labute approximate surface area is 191 Å². The summed E-state index contributed by atoms with van der Waals surface area (Å²) in [7, 11) is 3.24. The van der Waals surface area contributed by atoms with Gasteiger partial charge in [-0.2, -0.15) is 0 Å². The van der Waals surface area contributed by atoms with Crippen molar-refractivity contribution in [2.75, 3.05) is 13.2 Å². The topological polar surface area (TPSA) is 67.4 Å². The summed E-state index contributed by atoms with van der Waals surface area (Å²) in [6, 6.07) is 17.7. The van der Waals surface area contributed by atoms with Crippen molar-refractivity contribution in [1.82, 2.24) is 13.7 Å². The average molecular weight is 446 g/mol. The van der Waals surface area contributed by atoms with E-state index in [4.69, 9.17) is 9.47 Å². The molecule has 4 aromatic rings. The maximum atomic E-state index is 13.4. The third kappa shape index (κ3) is 3.40. The van der Waals surface area contributed by atoms with Crippen molar-refractivity contribution in [3.05, 3.63) is 86.7 Å². The van der Waals surface area contributed by atoms with E-state index in [1.54, 1.807) is 11.6 Å². The second-order valence-electron chi connectivity index (χ2n) is 8.35. The van der Waals surface area contributed by atoms with Crippen LogP contribution in [-0.2, 0) is 25.4 Å². The van der Waals surface area contributed by atoms with Crippen molar-refractivity contribution in [2.24, 2.45) is 14.1 Å². The molecule has 0 spiro atoms. The summed E-state index contributed by atoms with van der Waals surface area (Å²) in [5, 5.41) is 0.541. The van der Waals surface area contributed by atoms with Crippen LogP contribution in [0.1, 0.15) is 30.7 Å². The average Bonchev–Trinajstić information content (AvgIpc) is 3.21. The van der Waals surface area contributed by atoms with Gasteiger partial charge >= 0.3 is 5.69 Å². The quantitative estimate of drug-likeness (QED) is 0.471. The molecule has 1 aliphatic rings. The van der Waals surface area contributed by atoms with Gasteiger partial charge in [-0.1, -0.05) is 49.4 Å². The smallest absolute Gasteiger partial charge is 0.331 e. The Morgan fingerprint density at radius 3 is 2.42 bits per heavy atom. The number of rotatable bonds is 5. The van der Waals surface area contributed by atoms with Gasteiger partial charge in [0.05, 0.1) is 35.5 Å². The predicted octanol–water partition coefficient (Wildman–Crippen LogP) is 3.61. The van der Waals surface area contributed by atoms with Gasteiger partial charge in [-0.25, -0.2) is 4.79 Å². The Morgan fingerprint density at radius 2 is 1.73 bits per heavy atom. The largest absolute Gasteiger partial charge is 0.494 e. The molecule has 1 atom stereocenters. The summed E-state index contributed by atoms with van der Waals surface area (Å²) >= 11 is 0. The van der Waals surface area contributed by atoms with Gasteiger partial charge < -0.3 is 14.0 Å². The van der Waals surface area contributed by atoms with Crippen molar-refractivity contribution in [3.63, 3.8) is 0 Å². The number of aromatic nitrogens is 3. The summed E-state index contributed by atoms with van der Waals surface area (Å²) in [4.78, 5) is 26.3. The van der Waals surface area contributed by atoms with Crippen LogP contribution >= 0.6 is 0 Å². The van der Waals surface area contributed by atoms with Crippen molar-refractivity contribution in [1.29, 1.82) is 0 Å². The van der Waals surface area contributed by atoms with Crippen molar-refractivity contribution in [2.45, 2.75) is 26.0 Å². The molecule has 0 amide bonds. The van der Waals surface area contributed by atoms with Crippen molar-refractivity contribution < 1.29 is 9.47 Å². The van der Waals surface area contributed by atoms with Gasteiger partial charge in [0, 0.05) is 20.6 Å². The molecule has 170 valence electrons. The van der Waals surface area contributed by atoms with Gasteiger partial charge in [0.1, 0.15) is 11.9 Å². The predicted molar refractivity (Wildman–Crippen MR) is 128 cm³/mol. The number of aryl methyl sites for hydroxylation is 1. The van der Waals surface area contributed by atoms with Crippen LogP contribution in [0, 0.1) is 0 Å². The van der Waals surface area contributed by atoms with Crippen LogP contribution in [-0.4, -0.2) is 26.9 Å². The van der Waals surface area contributed by atoms with E-state index in [1.165, 1.54) is 11.6 Å². The van der Waals surface area contributed by atoms with Crippen LogP contribution in [0.3, 0.4) is 0 Å². The second-order valence-corrected chi connectivity index (χ2v) is 8.35. The van der Waals surface area contributed by atoms with E-state index >= 15 is 0 Å². The number of fused-ring (bicyclic) bond motifs is 3. The first-order chi connectivity index (χ1) is 16.0. The normalized spacial score (nSPS) is 15.5. The fraction of sp³-hybridized carbons (Fsp3) is 0.308. The standard InChI is InChI=1S/C26H27N3O4/c1-4-15-32-19-12-10-18(11-13-19)24-23-22-20(25(30)28(3)26(31)27(22)2)21(29(23)14-16-33-24)17-8-6-5-7-9-17/h5-13,24H,4,14-16H2,1-3H3/t24-/m1/s1. The molecule has 2 aromatic heterocycles. The van der Waals surface area contributed by atoms with Gasteiger partial charge in [-0.3, -0.25) is 13.9 Å². The lowest BCUT2D eigenvalue weighted by atomic mass is 10.0. The highest BCUT2D eigenvalue weighted by molar-refractivity contribution is 5.96. The van der Waals surface area contributed by atoms with Crippen LogP contribution in [0.5, 0.6) is 5.75 Å². The zero-order chi connectivity index (χ0) is 23.1. The van der Waals surface area contributed by atoms with Gasteiger partial charge in [0.15, 0.2) is 0 Å². The van der Waals surface area contributed by atoms with Gasteiger partial charge in [0.25, 0.3) is 5.56 Å². The first kappa shape index (κ1) is 21.3. The SMILES string of the molecule is CCCOc1ccc([C@H]2OCCn3c(-c4ccccc4)c4c(=O)n(C)c(=O)n(C)c4c32)cc1. The lowest BCUT2D eigenvalue weighted by molar-refractivity contribution is 0.0478. The Kier molecular flexibility index (Phi) is 5.42. The number of benzene rings is 2.